The van der Waals surface area contributed by atoms with Crippen LogP contribution in [-0.2, 0) is 65.4 Å². The molecule has 19 heteroatoms. The summed E-state index contributed by atoms with van der Waals surface area (Å²) in [5.41, 5.74) is 0. The van der Waals surface area contributed by atoms with Crippen LogP contribution in [0.1, 0.15) is 401 Å². The van der Waals surface area contributed by atoms with Gasteiger partial charge in [-0.2, -0.15) is 0 Å². The molecule has 0 aliphatic heterocycles. The number of phosphoric acid groups is 2. The minimum absolute atomic E-state index is 0.107. The summed E-state index contributed by atoms with van der Waals surface area (Å²) in [4.78, 5) is 72.7. The Labute approximate surface area is 588 Å². The van der Waals surface area contributed by atoms with Crippen molar-refractivity contribution >= 4 is 39.5 Å². The van der Waals surface area contributed by atoms with Crippen molar-refractivity contribution < 1.29 is 80.2 Å². The Balaban J connectivity index is 5.16. The molecule has 96 heavy (non-hydrogen) atoms. The molecule has 0 aromatic heterocycles. The van der Waals surface area contributed by atoms with E-state index in [2.05, 4.69) is 41.5 Å². The maximum absolute atomic E-state index is 13.1. The van der Waals surface area contributed by atoms with E-state index in [1.807, 2.05) is 0 Å². The van der Waals surface area contributed by atoms with Gasteiger partial charge in [-0.25, -0.2) is 9.13 Å². The quantitative estimate of drug-likeness (QED) is 0.0222. The van der Waals surface area contributed by atoms with E-state index in [1.165, 1.54) is 205 Å². The fourth-order valence-corrected chi connectivity index (χ4v) is 13.4. The summed E-state index contributed by atoms with van der Waals surface area (Å²) in [7, 11) is -9.90. The maximum atomic E-state index is 13.1. The van der Waals surface area contributed by atoms with E-state index in [4.69, 9.17) is 37.0 Å². The van der Waals surface area contributed by atoms with Crippen LogP contribution in [0.2, 0.25) is 0 Å². The van der Waals surface area contributed by atoms with E-state index in [0.717, 1.165) is 115 Å². The number of unbranched alkanes of at least 4 members (excludes halogenated alkanes) is 46. The smallest absolute Gasteiger partial charge is 0.462 e. The SMILES string of the molecule is CCCCCCCCCCCCCC(=O)O[C@H](COC(=O)CCCCCCCCC)COP(=O)(O)OC[C@H](O)COP(=O)(O)OC[C@@H](COC(=O)CCCCCCCCCCCCCCCCC(C)C)OC(=O)CCCCCCCCCCCCCCCCCCCCC(C)C. The predicted octanol–water partition coefficient (Wildman–Crippen LogP) is 22.7. The highest BCUT2D eigenvalue weighted by molar-refractivity contribution is 7.47. The summed E-state index contributed by atoms with van der Waals surface area (Å²) < 4.78 is 68.4. The number of rotatable bonds is 76. The first kappa shape index (κ1) is 94.1. The van der Waals surface area contributed by atoms with Crippen LogP contribution in [0.5, 0.6) is 0 Å². The number of phosphoric ester groups is 2. The van der Waals surface area contributed by atoms with E-state index in [0.29, 0.717) is 25.7 Å². The van der Waals surface area contributed by atoms with Crippen LogP contribution in [-0.4, -0.2) is 96.7 Å². The van der Waals surface area contributed by atoms with Crippen LogP contribution in [0.3, 0.4) is 0 Å². The Hall–Kier alpha value is -1.94. The minimum atomic E-state index is -4.96. The van der Waals surface area contributed by atoms with Crippen LogP contribution < -0.4 is 0 Å². The molecule has 0 heterocycles. The molecule has 0 fully saturated rings. The van der Waals surface area contributed by atoms with Crippen molar-refractivity contribution in [2.24, 2.45) is 11.8 Å². The van der Waals surface area contributed by atoms with Gasteiger partial charge in [0, 0.05) is 25.7 Å². The maximum Gasteiger partial charge on any atom is 0.472 e. The lowest BCUT2D eigenvalue weighted by Crippen LogP contribution is -2.30. The fraction of sp³-hybridized carbons (Fsp3) is 0.948. The van der Waals surface area contributed by atoms with Crippen LogP contribution >= 0.6 is 15.6 Å². The molecule has 5 atom stereocenters. The van der Waals surface area contributed by atoms with Gasteiger partial charge in [-0.05, 0) is 37.5 Å². The molecule has 0 aromatic rings. The molecule has 0 aliphatic carbocycles. The lowest BCUT2D eigenvalue weighted by molar-refractivity contribution is -0.161. The third-order valence-electron chi connectivity index (χ3n) is 18.0. The van der Waals surface area contributed by atoms with Crippen molar-refractivity contribution in [3.05, 3.63) is 0 Å². The van der Waals surface area contributed by atoms with Gasteiger partial charge in [0.15, 0.2) is 12.2 Å². The molecule has 0 aliphatic rings. The number of carbonyl (C=O) groups excluding carboxylic acids is 4. The number of esters is 4. The molecule has 0 radical (unpaired) electrons. The van der Waals surface area contributed by atoms with E-state index in [-0.39, 0.29) is 25.7 Å². The highest BCUT2D eigenvalue weighted by Gasteiger charge is 2.30. The van der Waals surface area contributed by atoms with Crippen molar-refractivity contribution in [1.29, 1.82) is 0 Å². The lowest BCUT2D eigenvalue weighted by atomic mass is 10.0. The van der Waals surface area contributed by atoms with Crippen molar-refractivity contribution in [3.8, 4) is 0 Å². The molecule has 0 spiro atoms. The van der Waals surface area contributed by atoms with E-state index >= 15 is 0 Å². The molecule has 0 bridgehead atoms. The van der Waals surface area contributed by atoms with Crippen molar-refractivity contribution in [2.75, 3.05) is 39.6 Å². The standard InChI is InChI=1S/C77H150O17P2/c1-7-9-11-13-15-16-29-37-43-49-55-61-76(81)93-72(65-87-74(79)59-53-47-39-14-12-10-8-2)67-91-95(83,84)89-63-71(78)64-90-96(85,86)92-68-73(66-88-75(80)60-54-48-42-36-32-27-24-23-26-31-35-41-46-52-58-70(5)6)94-77(82)62-56-50-44-38-33-28-22-20-18-17-19-21-25-30-34-40-45-51-57-69(3)4/h69-73,78H,7-68H2,1-6H3,(H,83,84)(H,85,86)/t71-,72+,73+/m0/s1. The summed E-state index contributed by atoms with van der Waals surface area (Å²) in [6.45, 7) is 9.62. The molecule has 0 aromatic carbocycles. The van der Waals surface area contributed by atoms with Crippen LogP contribution in [0.4, 0.5) is 0 Å². The molecular formula is C77H150O17P2. The van der Waals surface area contributed by atoms with Gasteiger partial charge >= 0.3 is 39.5 Å². The van der Waals surface area contributed by atoms with E-state index < -0.39 is 97.5 Å². The zero-order chi connectivity index (χ0) is 70.7. The van der Waals surface area contributed by atoms with Gasteiger partial charge < -0.3 is 33.8 Å². The Kier molecular flexibility index (Phi) is 67.4. The highest BCUT2D eigenvalue weighted by Crippen LogP contribution is 2.45. The third kappa shape index (κ3) is 70.5. The first-order chi connectivity index (χ1) is 46.4. The van der Waals surface area contributed by atoms with Crippen molar-refractivity contribution in [2.45, 2.75) is 419 Å². The molecule has 0 saturated heterocycles. The number of hydrogen-bond acceptors (Lipinski definition) is 15. The van der Waals surface area contributed by atoms with Crippen LogP contribution in [0.15, 0.2) is 0 Å². The summed E-state index contributed by atoms with van der Waals surface area (Å²) in [6, 6.07) is 0. The monoisotopic (exact) mass is 1410 g/mol. The third-order valence-corrected chi connectivity index (χ3v) is 19.9. The largest absolute Gasteiger partial charge is 0.472 e. The zero-order valence-electron chi connectivity index (χ0n) is 62.7. The Morgan fingerprint density at radius 2 is 0.479 bits per heavy atom. The number of aliphatic hydroxyl groups is 1. The minimum Gasteiger partial charge on any atom is -0.462 e. The fourth-order valence-electron chi connectivity index (χ4n) is 11.8. The lowest BCUT2D eigenvalue weighted by Gasteiger charge is -2.21. The molecule has 2 unspecified atom stereocenters. The van der Waals surface area contributed by atoms with Crippen molar-refractivity contribution in [3.63, 3.8) is 0 Å². The van der Waals surface area contributed by atoms with Gasteiger partial charge in [0.25, 0.3) is 0 Å². The van der Waals surface area contributed by atoms with E-state index in [1.54, 1.807) is 0 Å². The predicted molar refractivity (Wildman–Crippen MR) is 391 cm³/mol. The number of aliphatic hydroxyl groups excluding tert-OH is 1. The highest BCUT2D eigenvalue weighted by atomic mass is 31.2. The Bertz CT molecular complexity index is 1860. The molecular weight excluding hydrogens is 1260 g/mol. The summed E-state index contributed by atoms with van der Waals surface area (Å²) in [5.74, 6) is -0.499. The first-order valence-electron chi connectivity index (χ1n) is 40.0. The molecule has 0 saturated carbocycles. The number of hydrogen-bond donors (Lipinski definition) is 3. The average molecular weight is 1410 g/mol. The van der Waals surface area contributed by atoms with Crippen LogP contribution in [0.25, 0.3) is 0 Å². The number of ether oxygens (including phenoxy) is 4. The topological polar surface area (TPSA) is 237 Å². The molecule has 17 nitrogen and oxygen atoms in total. The first-order valence-corrected chi connectivity index (χ1v) is 43.0. The summed E-state index contributed by atoms with van der Waals surface area (Å²) >= 11 is 0. The molecule has 3 N–H and O–H groups in total. The normalized spacial score (nSPS) is 14.0. The number of carbonyl (C=O) groups is 4. The zero-order valence-corrected chi connectivity index (χ0v) is 64.5. The Morgan fingerprint density at radius 1 is 0.281 bits per heavy atom. The summed E-state index contributed by atoms with van der Waals surface area (Å²) in [6.07, 6.45) is 57.1. The van der Waals surface area contributed by atoms with E-state index in [9.17, 15) is 43.2 Å². The summed E-state index contributed by atoms with van der Waals surface area (Å²) in [5, 5.41) is 10.6. The second-order valence-corrected chi connectivity index (χ2v) is 31.6. The second kappa shape index (κ2) is 68.8. The van der Waals surface area contributed by atoms with Gasteiger partial charge in [0.2, 0.25) is 0 Å². The molecule has 0 rings (SSSR count). The van der Waals surface area contributed by atoms with Gasteiger partial charge in [-0.15, -0.1) is 0 Å². The average Bonchev–Trinajstić information content (AvgIpc) is 1.16. The molecule has 0 amide bonds. The Morgan fingerprint density at radius 3 is 0.708 bits per heavy atom. The van der Waals surface area contributed by atoms with Gasteiger partial charge in [-0.1, -0.05) is 350 Å². The van der Waals surface area contributed by atoms with Gasteiger partial charge in [0.05, 0.1) is 26.4 Å². The second-order valence-electron chi connectivity index (χ2n) is 28.7. The van der Waals surface area contributed by atoms with Gasteiger partial charge in [-0.3, -0.25) is 37.3 Å². The van der Waals surface area contributed by atoms with Crippen LogP contribution in [0, 0.1) is 11.8 Å². The molecule has 570 valence electrons. The van der Waals surface area contributed by atoms with Gasteiger partial charge in [0.1, 0.15) is 19.3 Å². The van der Waals surface area contributed by atoms with Crippen molar-refractivity contribution in [1.82, 2.24) is 0 Å².